The summed E-state index contributed by atoms with van der Waals surface area (Å²) in [5.74, 6) is -0.569. The van der Waals surface area contributed by atoms with Gasteiger partial charge in [-0.25, -0.2) is 13.8 Å². The van der Waals surface area contributed by atoms with Crippen molar-refractivity contribution in [1.29, 1.82) is 0 Å². The molecule has 3 aromatic carbocycles. The lowest BCUT2D eigenvalue weighted by Crippen LogP contribution is -2.25. The summed E-state index contributed by atoms with van der Waals surface area (Å²) in [7, 11) is 0. The van der Waals surface area contributed by atoms with Crippen LogP contribution in [0.25, 0.3) is 16.8 Å². The van der Waals surface area contributed by atoms with Gasteiger partial charge in [0, 0.05) is 27.1 Å². The van der Waals surface area contributed by atoms with Crippen molar-refractivity contribution in [3.05, 3.63) is 100 Å². The maximum Gasteiger partial charge on any atom is 0.147 e. The van der Waals surface area contributed by atoms with Crippen LogP contribution in [0.2, 0.25) is 5.02 Å². The van der Waals surface area contributed by atoms with E-state index in [0.29, 0.717) is 32.6 Å². The van der Waals surface area contributed by atoms with E-state index in [1.54, 1.807) is 55.1 Å². The number of nitrogens with zero attached hydrogens (tertiary/aromatic N) is 2. The van der Waals surface area contributed by atoms with Gasteiger partial charge in [0.25, 0.3) is 0 Å². The number of aromatic nitrogens is 2. The number of aliphatic hydroxyl groups is 2. The third kappa shape index (κ3) is 5.18. The molecular formula is C29H29ClF2N2O2S. The smallest absolute Gasteiger partial charge is 0.147 e. The van der Waals surface area contributed by atoms with Crippen molar-refractivity contribution < 1.29 is 19.0 Å². The molecule has 8 heteroatoms. The number of halogens is 3. The molecule has 0 spiro atoms. The molecule has 4 nitrogen and oxygen atoms in total. The Morgan fingerprint density at radius 3 is 2.24 bits per heavy atom. The number of hydrogen-bond donors (Lipinski definition) is 2. The largest absolute Gasteiger partial charge is 0.392 e. The fraction of sp³-hybridized carbons (Fsp3) is 0.276. The van der Waals surface area contributed by atoms with Crippen LogP contribution in [0.4, 0.5) is 8.78 Å². The van der Waals surface area contributed by atoms with Crippen molar-refractivity contribution in [2.75, 3.05) is 6.26 Å². The van der Waals surface area contributed by atoms with Gasteiger partial charge in [0.05, 0.1) is 18.0 Å². The molecular weight excluding hydrogens is 514 g/mol. The predicted octanol–water partition coefficient (Wildman–Crippen LogP) is 7.24. The van der Waals surface area contributed by atoms with Gasteiger partial charge in [-0.15, -0.1) is 11.8 Å². The van der Waals surface area contributed by atoms with Gasteiger partial charge >= 0.3 is 0 Å². The molecule has 0 saturated carbocycles. The zero-order valence-corrected chi connectivity index (χ0v) is 22.9. The van der Waals surface area contributed by atoms with Gasteiger partial charge in [-0.3, -0.25) is 4.57 Å². The van der Waals surface area contributed by atoms with E-state index in [2.05, 4.69) is 0 Å². The van der Waals surface area contributed by atoms with Gasteiger partial charge in [0.1, 0.15) is 23.1 Å². The Morgan fingerprint density at radius 1 is 0.973 bits per heavy atom. The summed E-state index contributed by atoms with van der Waals surface area (Å²) in [6.45, 7) is 6.73. The highest BCUT2D eigenvalue weighted by atomic mass is 35.5. The summed E-state index contributed by atoms with van der Waals surface area (Å²) >= 11 is 7.84. The molecule has 0 saturated heterocycles. The van der Waals surface area contributed by atoms with Gasteiger partial charge in [-0.2, -0.15) is 0 Å². The summed E-state index contributed by atoms with van der Waals surface area (Å²) in [4.78, 5) is 5.33. The van der Waals surface area contributed by atoms with Crippen molar-refractivity contribution >= 4 is 23.4 Å². The van der Waals surface area contributed by atoms with Crippen LogP contribution >= 0.6 is 23.4 Å². The molecule has 4 rings (SSSR count). The summed E-state index contributed by atoms with van der Waals surface area (Å²) in [6, 6.07) is 15.1. The highest BCUT2D eigenvalue weighted by Crippen LogP contribution is 2.38. The van der Waals surface area contributed by atoms with Crippen LogP contribution in [0.5, 0.6) is 0 Å². The number of hydrogen-bond acceptors (Lipinski definition) is 4. The SMILES string of the molecule is CSc1cc(-c2ccc(-n3cc(C(C)(C)O)nc3C(C)(C)c3ccccc3Cl)c(F)c2)cc(F)c1CO. The van der Waals surface area contributed by atoms with Crippen LogP contribution in [0.15, 0.2) is 65.7 Å². The number of benzene rings is 3. The Labute approximate surface area is 225 Å². The average Bonchev–Trinajstić information content (AvgIpc) is 3.30. The van der Waals surface area contributed by atoms with E-state index < -0.39 is 29.3 Å². The summed E-state index contributed by atoms with van der Waals surface area (Å²) in [5.41, 5.74) is 0.663. The lowest BCUT2D eigenvalue weighted by Gasteiger charge is -2.27. The lowest BCUT2D eigenvalue weighted by atomic mass is 9.83. The molecule has 194 valence electrons. The Morgan fingerprint density at radius 2 is 1.65 bits per heavy atom. The second-order valence-electron chi connectivity index (χ2n) is 9.95. The van der Waals surface area contributed by atoms with E-state index in [-0.39, 0.29) is 11.3 Å². The predicted molar refractivity (Wildman–Crippen MR) is 145 cm³/mol. The summed E-state index contributed by atoms with van der Waals surface area (Å²) < 4.78 is 32.0. The second kappa shape index (κ2) is 10.2. The van der Waals surface area contributed by atoms with Gasteiger partial charge in [0.15, 0.2) is 0 Å². The maximum absolute atomic E-state index is 15.7. The highest BCUT2D eigenvalue weighted by molar-refractivity contribution is 7.98. The van der Waals surface area contributed by atoms with Crippen LogP contribution in [0.1, 0.15) is 50.3 Å². The molecule has 2 N–H and O–H groups in total. The average molecular weight is 543 g/mol. The maximum atomic E-state index is 15.7. The molecule has 0 radical (unpaired) electrons. The zero-order valence-electron chi connectivity index (χ0n) is 21.3. The first kappa shape index (κ1) is 27.3. The first-order valence-electron chi connectivity index (χ1n) is 11.7. The highest BCUT2D eigenvalue weighted by Gasteiger charge is 2.34. The van der Waals surface area contributed by atoms with Crippen LogP contribution < -0.4 is 0 Å². The normalized spacial score (nSPS) is 12.3. The molecule has 0 atom stereocenters. The van der Waals surface area contributed by atoms with Crippen molar-refractivity contribution in [2.24, 2.45) is 0 Å². The quantitative estimate of drug-likeness (QED) is 0.242. The molecule has 0 amide bonds. The second-order valence-corrected chi connectivity index (χ2v) is 11.2. The van der Waals surface area contributed by atoms with E-state index in [9.17, 15) is 14.6 Å². The van der Waals surface area contributed by atoms with Crippen LogP contribution in [0, 0.1) is 11.6 Å². The Kier molecular flexibility index (Phi) is 7.55. The minimum absolute atomic E-state index is 0.220. The van der Waals surface area contributed by atoms with E-state index >= 15 is 4.39 Å². The van der Waals surface area contributed by atoms with Gasteiger partial charge in [0.2, 0.25) is 0 Å². The fourth-order valence-electron chi connectivity index (χ4n) is 4.38. The number of aliphatic hydroxyl groups excluding tert-OH is 1. The lowest BCUT2D eigenvalue weighted by molar-refractivity contribution is 0.0740. The standard InChI is InChI=1S/C29H29ClF2N2O2S/c1-28(2,20-8-6-7-9-21(20)30)27-33-26(29(3,4)36)15-34(27)24-11-10-17(12-23(24)32)18-13-22(31)19(16-35)25(14-18)37-5/h6-15,35-36H,16H2,1-5H3. The first-order chi connectivity index (χ1) is 17.4. The molecule has 0 unspecified atom stereocenters. The minimum Gasteiger partial charge on any atom is -0.392 e. The van der Waals surface area contributed by atoms with Gasteiger partial charge < -0.3 is 10.2 Å². The van der Waals surface area contributed by atoms with Crippen molar-refractivity contribution in [1.82, 2.24) is 9.55 Å². The third-order valence-electron chi connectivity index (χ3n) is 6.51. The molecule has 1 heterocycles. The van der Waals surface area contributed by atoms with E-state index in [0.717, 1.165) is 5.56 Å². The fourth-order valence-corrected chi connectivity index (χ4v) is 5.41. The summed E-state index contributed by atoms with van der Waals surface area (Å²) in [6.07, 6.45) is 3.43. The van der Waals surface area contributed by atoms with Crippen molar-refractivity contribution in [3.8, 4) is 16.8 Å². The first-order valence-corrected chi connectivity index (χ1v) is 13.3. The topological polar surface area (TPSA) is 58.3 Å². The Balaban J connectivity index is 1.87. The number of rotatable bonds is 7. The van der Waals surface area contributed by atoms with Gasteiger partial charge in [-0.1, -0.05) is 35.9 Å². The number of thioether (sulfide) groups is 1. The molecule has 1 aromatic heterocycles. The molecule has 0 bridgehead atoms. The van der Waals surface area contributed by atoms with Crippen LogP contribution in [-0.4, -0.2) is 26.0 Å². The van der Waals surface area contributed by atoms with Crippen molar-refractivity contribution in [3.63, 3.8) is 0 Å². The molecule has 0 aliphatic heterocycles. The van der Waals surface area contributed by atoms with Crippen molar-refractivity contribution in [2.45, 2.75) is 50.2 Å². The Hall–Kier alpha value is -2.71. The van der Waals surface area contributed by atoms with Crippen LogP contribution in [-0.2, 0) is 17.6 Å². The van der Waals surface area contributed by atoms with Crippen LogP contribution in [0.3, 0.4) is 0 Å². The molecule has 4 aromatic rings. The molecule has 0 aliphatic rings. The monoisotopic (exact) mass is 542 g/mol. The van der Waals surface area contributed by atoms with E-state index in [1.165, 1.54) is 23.9 Å². The van der Waals surface area contributed by atoms with Gasteiger partial charge in [-0.05, 0) is 81.0 Å². The Bertz CT molecular complexity index is 1460. The summed E-state index contributed by atoms with van der Waals surface area (Å²) in [5, 5.41) is 20.8. The number of imidazole rings is 1. The van der Waals surface area contributed by atoms with E-state index in [4.69, 9.17) is 16.6 Å². The minimum atomic E-state index is -1.26. The third-order valence-corrected chi connectivity index (χ3v) is 7.65. The molecule has 37 heavy (non-hydrogen) atoms. The molecule has 0 aliphatic carbocycles. The zero-order chi connectivity index (χ0) is 27.1. The van der Waals surface area contributed by atoms with E-state index in [1.807, 2.05) is 32.0 Å². The molecule has 0 fully saturated rings.